The van der Waals surface area contributed by atoms with E-state index in [0.29, 0.717) is 12.2 Å². The van der Waals surface area contributed by atoms with E-state index in [1.807, 2.05) is 0 Å². The number of ketones is 1. The normalized spacial score (nSPS) is 12.6. The Balaban J connectivity index is 3.48. The Morgan fingerprint density at radius 1 is 0.800 bits per heavy atom. The van der Waals surface area contributed by atoms with Crippen LogP contribution < -0.4 is 0 Å². The molecule has 0 bridgehead atoms. The largest absolute Gasteiger partial charge is 0.295 e. The fraction of sp³-hybridized carbons (Fsp3) is 0.818. The summed E-state index contributed by atoms with van der Waals surface area (Å²) in [6.07, 6.45) is 22.7. The number of hydrogen-bond acceptors (Lipinski definition) is 2. The van der Waals surface area contributed by atoms with Crippen LogP contribution in [0.4, 0.5) is 0 Å². The van der Waals surface area contributed by atoms with E-state index < -0.39 is 0 Å². The smallest absolute Gasteiger partial charge is 0.198 e. The second kappa shape index (κ2) is 19.7. The molecule has 0 radical (unpaired) electrons. The maximum absolute atomic E-state index is 11.6. The summed E-state index contributed by atoms with van der Waals surface area (Å²) in [5.41, 5.74) is 0. The standard InChI is InChI=1S/C22H39ClO2/c1-2-3-4-5-6-7-8-9-10-11-12-13-14-15-17-21(18-16-19-23)22(25)20-24/h9-10,20-21H,2-8,11-19H2,1H3/b10-9-. The summed E-state index contributed by atoms with van der Waals surface area (Å²) in [6, 6.07) is 0. The zero-order valence-corrected chi connectivity index (χ0v) is 17.1. The first-order chi connectivity index (χ1) is 12.3. The molecule has 0 fully saturated rings. The molecule has 1 atom stereocenters. The third-order valence-corrected chi connectivity index (χ3v) is 5.04. The number of halogens is 1. The third kappa shape index (κ3) is 16.6. The zero-order valence-electron chi connectivity index (χ0n) is 16.3. The Bertz CT molecular complexity index is 339. The Morgan fingerprint density at radius 2 is 1.32 bits per heavy atom. The lowest BCUT2D eigenvalue weighted by Gasteiger charge is -2.11. The van der Waals surface area contributed by atoms with E-state index in [1.165, 1.54) is 64.2 Å². The molecule has 0 aliphatic rings. The van der Waals surface area contributed by atoms with Crippen LogP contribution in [0.5, 0.6) is 0 Å². The van der Waals surface area contributed by atoms with Crippen LogP contribution in [0.2, 0.25) is 0 Å². The van der Waals surface area contributed by atoms with Crippen LogP contribution in [0, 0.1) is 5.92 Å². The highest BCUT2D eigenvalue weighted by Gasteiger charge is 2.16. The highest BCUT2D eigenvalue weighted by atomic mass is 35.5. The van der Waals surface area contributed by atoms with Gasteiger partial charge in [0, 0.05) is 11.8 Å². The van der Waals surface area contributed by atoms with Crippen molar-refractivity contribution in [2.45, 2.75) is 103 Å². The average molecular weight is 371 g/mol. The molecule has 0 saturated heterocycles. The molecule has 0 rings (SSSR count). The van der Waals surface area contributed by atoms with Gasteiger partial charge in [0.2, 0.25) is 0 Å². The van der Waals surface area contributed by atoms with Crippen LogP contribution in [0.15, 0.2) is 12.2 Å². The first-order valence-electron chi connectivity index (χ1n) is 10.5. The zero-order chi connectivity index (χ0) is 18.6. The van der Waals surface area contributed by atoms with Crippen molar-refractivity contribution >= 4 is 23.7 Å². The van der Waals surface area contributed by atoms with Gasteiger partial charge < -0.3 is 0 Å². The van der Waals surface area contributed by atoms with Gasteiger partial charge in [-0.3, -0.25) is 9.59 Å². The molecule has 0 amide bonds. The molecule has 0 saturated carbocycles. The number of carbonyl (C=O) groups excluding carboxylic acids is 2. The number of carbonyl (C=O) groups is 2. The van der Waals surface area contributed by atoms with Crippen LogP contribution >= 0.6 is 11.6 Å². The number of rotatable bonds is 19. The summed E-state index contributed by atoms with van der Waals surface area (Å²) in [4.78, 5) is 22.2. The van der Waals surface area contributed by atoms with E-state index in [4.69, 9.17) is 11.6 Å². The van der Waals surface area contributed by atoms with Gasteiger partial charge in [-0.1, -0.05) is 70.4 Å². The van der Waals surface area contributed by atoms with Crippen LogP contribution in [0.25, 0.3) is 0 Å². The third-order valence-electron chi connectivity index (χ3n) is 4.77. The monoisotopic (exact) mass is 370 g/mol. The second-order valence-corrected chi connectivity index (χ2v) is 7.45. The summed E-state index contributed by atoms with van der Waals surface area (Å²) in [5, 5.41) is 0. The number of Topliss-reactive ketones (excluding diaryl/α,β-unsaturated/α-hetero) is 1. The first kappa shape index (κ1) is 24.4. The van der Waals surface area contributed by atoms with E-state index in [1.54, 1.807) is 0 Å². The van der Waals surface area contributed by atoms with Crippen molar-refractivity contribution in [3.05, 3.63) is 12.2 Å². The Hall–Kier alpha value is -0.630. The fourth-order valence-corrected chi connectivity index (χ4v) is 3.29. The number of aldehydes is 1. The van der Waals surface area contributed by atoms with E-state index in [9.17, 15) is 9.59 Å². The van der Waals surface area contributed by atoms with Gasteiger partial charge in [0.25, 0.3) is 0 Å². The molecule has 0 aromatic rings. The van der Waals surface area contributed by atoms with Gasteiger partial charge in [-0.25, -0.2) is 0 Å². The molecular weight excluding hydrogens is 332 g/mol. The lowest BCUT2D eigenvalue weighted by Crippen LogP contribution is -2.15. The lowest BCUT2D eigenvalue weighted by atomic mass is 9.92. The molecule has 0 spiro atoms. The summed E-state index contributed by atoms with van der Waals surface area (Å²) < 4.78 is 0. The van der Waals surface area contributed by atoms with Gasteiger partial charge in [-0.05, 0) is 44.9 Å². The quantitative estimate of drug-likeness (QED) is 0.0803. The molecule has 1 unspecified atom stereocenters. The minimum absolute atomic E-state index is 0.103. The van der Waals surface area contributed by atoms with E-state index in [0.717, 1.165) is 32.1 Å². The fourth-order valence-electron chi connectivity index (χ4n) is 3.13. The van der Waals surface area contributed by atoms with Gasteiger partial charge in [0.05, 0.1) is 0 Å². The summed E-state index contributed by atoms with van der Waals surface area (Å²) >= 11 is 5.68. The molecule has 25 heavy (non-hydrogen) atoms. The first-order valence-corrected chi connectivity index (χ1v) is 11.0. The SMILES string of the molecule is CCCCCCCC/C=C\CCCCCCC(CCCCl)C(=O)C=O. The number of allylic oxidation sites excluding steroid dienone is 2. The topological polar surface area (TPSA) is 34.1 Å². The predicted octanol–water partition coefficient (Wildman–Crippen LogP) is 7.04. The number of hydrogen-bond donors (Lipinski definition) is 0. The molecule has 0 aromatic heterocycles. The maximum Gasteiger partial charge on any atom is 0.198 e. The number of alkyl halides is 1. The van der Waals surface area contributed by atoms with Crippen molar-refractivity contribution in [2.24, 2.45) is 5.92 Å². The highest BCUT2D eigenvalue weighted by Crippen LogP contribution is 2.18. The average Bonchev–Trinajstić information content (AvgIpc) is 2.63. The van der Waals surface area contributed by atoms with Crippen molar-refractivity contribution in [3.8, 4) is 0 Å². The van der Waals surface area contributed by atoms with E-state index >= 15 is 0 Å². The maximum atomic E-state index is 11.6. The van der Waals surface area contributed by atoms with Crippen LogP contribution in [-0.4, -0.2) is 17.9 Å². The summed E-state index contributed by atoms with van der Waals surface area (Å²) in [5.74, 6) is 0.212. The van der Waals surface area contributed by atoms with Crippen molar-refractivity contribution in [3.63, 3.8) is 0 Å². The van der Waals surface area contributed by atoms with Crippen molar-refractivity contribution in [2.75, 3.05) is 5.88 Å². The predicted molar refractivity (Wildman–Crippen MR) is 109 cm³/mol. The van der Waals surface area contributed by atoms with Gasteiger partial charge >= 0.3 is 0 Å². The molecule has 0 aromatic carbocycles. The highest BCUT2D eigenvalue weighted by molar-refractivity contribution is 6.25. The molecule has 3 heteroatoms. The lowest BCUT2D eigenvalue weighted by molar-refractivity contribution is -0.132. The van der Waals surface area contributed by atoms with Crippen LogP contribution in [-0.2, 0) is 9.59 Å². The second-order valence-electron chi connectivity index (χ2n) is 7.07. The minimum Gasteiger partial charge on any atom is -0.295 e. The molecule has 0 N–H and O–H groups in total. The summed E-state index contributed by atoms with van der Waals surface area (Å²) in [7, 11) is 0. The van der Waals surface area contributed by atoms with Crippen LogP contribution in [0.3, 0.4) is 0 Å². The van der Waals surface area contributed by atoms with E-state index in [2.05, 4.69) is 19.1 Å². The van der Waals surface area contributed by atoms with Crippen LogP contribution in [0.1, 0.15) is 103 Å². The Kier molecular flexibility index (Phi) is 19.2. The molecule has 146 valence electrons. The van der Waals surface area contributed by atoms with Crippen molar-refractivity contribution in [1.82, 2.24) is 0 Å². The number of unbranched alkanes of at least 4 members (excludes halogenated alkanes) is 10. The minimum atomic E-state index is -0.247. The summed E-state index contributed by atoms with van der Waals surface area (Å²) in [6.45, 7) is 2.26. The van der Waals surface area contributed by atoms with Gasteiger partial charge in [0.15, 0.2) is 12.1 Å². The molecular formula is C22H39ClO2. The van der Waals surface area contributed by atoms with E-state index in [-0.39, 0.29) is 11.7 Å². The van der Waals surface area contributed by atoms with Gasteiger partial charge in [-0.2, -0.15) is 0 Å². The van der Waals surface area contributed by atoms with Crippen molar-refractivity contribution in [1.29, 1.82) is 0 Å². The Labute approximate surface area is 160 Å². The molecule has 0 aliphatic carbocycles. The molecule has 0 aliphatic heterocycles. The molecule has 0 heterocycles. The van der Waals surface area contributed by atoms with Crippen molar-refractivity contribution < 1.29 is 9.59 Å². The Morgan fingerprint density at radius 3 is 1.88 bits per heavy atom. The van der Waals surface area contributed by atoms with Gasteiger partial charge in [0.1, 0.15) is 0 Å². The van der Waals surface area contributed by atoms with Gasteiger partial charge in [-0.15, -0.1) is 11.6 Å². The molecule has 2 nitrogen and oxygen atoms in total.